The lowest BCUT2D eigenvalue weighted by Crippen LogP contribution is -2.50. The van der Waals surface area contributed by atoms with Gasteiger partial charge >= 0.3 is 6.03 Å². The van der Waals surface area contributed by atoms with E-state index in [1.165, 1.54) is 0 Å². The smallest absolute Gasteiger partial charge is 0.321 e. The summed E-state index contributed by atoms with van der Waals surface area (Å²) in [5.41, 5.74) is 1.40. The van der Waals surface area contributed by atoms with Gasteiger partial charge in [0.25, 0.3) is 0 Å². The summed E-state index contributed by atoms with van der Waals surface area (Å²) < 4.78 is 12.3. The summed E-state index contributed by atoms with van der Waals surface area (Å²) >= 11 is 0. The van der Waals surface area contributed by atoms with Gasteiger partial charge in [-0.25, -0.2) is 4.79 Å². The van der Waals surface area contributed by atoms with Crippen molar-refractivity contribution in [3.05, 3.63) is 36.7 Å². The maximum absolute atomic E-state index is 12.5. The zero-order valence-electron chi connectivity index (χ0n) is 14.4. The van der Waals surface area contributed by atoms with E-state index in [0.29, 0.717) is 49.0 Å². The van der Waals surface area contributed by atoms with Crippen molar-refractivity contribution in [2.75, 3.05) is 43.2 Å². The predicted octanol–water partition coefficient (Wildman–Crippen LogP) is 1.21. The van der Waals surface area contributed by atoms with Crippen LogP contribution in [-0.4, -0.2) is 63.7 Å². The predicted molar refractivity (Wildman–Crippen MR) is 96.2 cm³/mol. The number of benzene rings is 1. The van der Waals surface area contributed by atoms with Gasteiger partial charge in [0, 0.05) is 37.9 Å². The number of carbonyl (C=O) groups excluding carboxylic acids is 1. The molecule has 2 amide bonds. The van der Waals surface area contributed by atoms with E-state index in [0.717, 1.165) is 5.82 Å². The molecule has 5 rings (SSSR count). The standard InChI is InChI=1S/C17H17N7O3/c25-17(19-12-1-2-13-14(9-12)27-11-26-13)23-7-5-22(6-8-23)16-4-3-15-20-18-10-24(15)21-16/h1-4,9-10H,5-8,11H2,(H,19,25). The monoisotopic (exact) mass is 367 g/mol. The lowest BCUT2D eigenvalue weighted by molar-refractivity contribution is 0.174. The molecule has 10 heteroatoms. The second kappa shape index (κ2) is 6.31. The number of fused-ring (bicyclic) bond motifs is 2. The van der Waals surface area contributed by atoms with Crippen LogP contribution in [0.15, 0.2) is 36.7 Å². The Morgan fingerprint density at radius 2 is 1.89 bits per heavy atom. The summed E-state index contributed by atoms with van der Waals surface area (Å²) in [6.45, 7) is 2.84. The number of nitrogens with one attached hydrogen (secondary N) is 1. The molecule has 0 atom stereocenters. The normalized spacial score (nSPS) is 16.0. The summed E-state index contributed by atoms with van der Waals surface area (Å²) in [5.74, 6) is 2.19. The van der Waals surface area contributed by atoms with Crippen molar-refractivity contribution in [3.8, 4) is 11.5 Å². The van der Waals surface area contributed by atoms with Gasteiger partial charge in [0.05, 0.1) is 0 Å². The second-order valence-corrected chi connectivity index (χ2v) is 6.30. The Hall–Kier alpha value is -3.56. The highest BCUT2D eigenvalue weighted by molar-refractivity contribution is 5.90. The highest BCUT2D eigenvalue weighted by Crippen LogP contribution is 2.34. The van der Waals surface area contributed by atoms with E-state index in [-0.39, 0.29) is 12.8 Å². The van der Waals surface area contributed by atoms with Crippen molar-refractivity contribution in [1.29, 1.82) is 0 Å². The van der Waals surface area contributed by atoms with Crippen LogP contribution in [0.1, 0.15) is 0 Å². The molecule has 0 bridgehead atoms. The molecule has 2 aliphatic rings. The van der Waals surface area contributed by atoms with E-state index < -0.39 is 0 Å². The van der Waals surface area contributed by atoms with Crippen molar-refractivity contribution in [2.24, 2.45) is 0 Å². The number of piperazine rings is 1. The highest BCUT2D eigenvalue weighted by atomic mass is 16.7. The Bertz CT molecular complexity index is 997. The Labute approximate surface area is 154 Å². The number of hydrogen-bond acceptors (Lipinski definition) is 7. The Morgan fingerprint density at radius 3 is 2.78 bits per heavy atom. The van der Waals surface area contributed by atoms with Crippen LogP contribution in [0.4, 0.5) is 16.3 Å². The molecule has 1 N–H and O–H groups in total. The molecule has 0 radical (unpaired) electrons. The van der Waals surface area contributed by atoms with Crippen LogP contribution in [0.5, 0.6) is 11.5 Å². The molecule has 0 spiro atoms. The van der Waals surface area contributed by atoms with Crippen molar-refractivity contribution in [1.82, 2.24) is 24.7 Å². The third-order valence-corrected chi connectivity index (χ3v) is 4.66. The van der Waals surface area contributed by atoms with Gasteiger partial charge in [-0.3, -0.25) is 0 Å². The van der Waals surface area contributed by atoms with Gasteiger partial charge in [0.2, 0.25) is 6.79 Å². The SMILES string of the molecule is O=C(Nc1ccc2c(c1)OCO2)N1CCN(c2ccc3nncn3n2)CC1. The van der Waals surface area contributed by atoms with E-state index in [2.05, 4.69) is 25.5 Å². The van der Waals surface area contributed by atoms with Gasteiger partial charge in [-0.15, -0.1) is 15.3 Å². The summed E-state index contributed by atoms with van der Waals surface area (Å²) in [7, 11) is 0. The van der Waals surface area contributed by atoms with Crippen LogP contribution >= 0.6 is 0 Å². The maximum atomic E-state index is 12.5. The molecular formula is C17H17N7O3. The largest absolute Gasteiger partial charge is 0.454 e. The zero-order valence-corrected chi connectivity index (χ0v) is 14.4. The quantitative estimate of drug-likeness (QED) is 0.727. The van der Waals surface area contributed by atoms with Crippen LogP contribution in [0.2, 0.25) is 0 Å². The Morgan fingerprint density at radius 1 is 1.04 bits per heavy atom. The number of aromatic nitrogens is 4. The van der Waals surface area contributed by atoms with Crippen LogP contribution in [0.3, 0.4) is 0 Å². The van der Waals surface area contributed by atoms with Gasteiger partial charge in [0.1, 0.15) is 12.1 Å². The molecule has 27 heavy (non-hydrogen) atoms. The minimum atomic E-state index is -0.129. The molecule has 2 aliphatic heterocycles. The molecule has 4 heterocycles. The number of rotatable bonds is 2. The van der Waals surface area contributed by atoms with E-state index in [9.17, 15) is 4.79 Å². The zero-order chi connectivity index (χ0) is 18.2. The number of hydrogen-bond donors (Lipinski definition) is 1. The lowest BCUT2D eigenvalue weighted by Gasteiger charge is -2.35. The first-order valence-electron chi connectivity index (χ1n) is 8.64. The van der Waals surface area contributed by atoms with Crippen LogP contribution in [-0.2, 0) is 0 Å². The number of anilines is 2. The number of amides is 2. The van der Waals surface area contributed by atoms with Gasteiger partial charge in [-0.2, -0.15) is 4.52 Å². The van der Waals surface area contributed by atoms with Crippen molar-refractivity contribution < 1.29 is 14.3 Å². The average molecular weight is 367 g/mol. The minimum absolute atomic E-state index is 0.129. The molecule has 3 aromatic rings. The Kier molecular flexibility index (Phi) is 3.66. The number of carbonyl (C=O) groups is 1. The summed E-state index contributed by atoms with van der Waals surface area (Å²) in [6.07, 6.45) is 1.58. The molecule has 1 fully saturated rings. The molecule has 138 valence electrons. The first-order valence-corrected chi connectivity index (χ1v) is 8.64. The van der Waals surface area contributed by atoms with Crippen molar-refractivity contribution in [2.45, 2.75) is 0 Å². The minimum Gasteiger partial charge on any atom is -0.454 e. The molecule has 1 aromatic carbocycles. The van der Waals surface area contributed by atoms with Crippen LogP contribution < -0.4 is 19.7 Å². The summed E-state index contributed by atoms with van der Waals surface area (Å²) in [5, 5.41) is 15.2. The highest BCUT2D eigenvalue weighted by Gasteiger charge is 2.23. The van der Waals surface area contributed by atoms with Crippen molar-refractivity contribution >= 4 is 23.2 Å². The van der Waals surface area contributed by atoms with E-state index in [4.69, 9.17) is 9.47 Å². The van der Waals surface area contributed by atoms with E-state index >= 15 is 0 Å². The molecule has 10 nitrogen and oxygen atoms in total. The molecule has 0 aliphatic carbocycles. The van der Waals surface area contributed by atoms with Crippen LogP contribution in [0.25, 0.3) is 5.65 Å². The van der Waals surface area contributed by atoms with E-state index in [1.54, 1.807) is 33.9 Å². The fourth-order valence-electron chi connectivity index (χ4n) is 3.20. The lowest BCUT2D eigenvalue weighted by atomic mass is 10.2. The van der Waals surface area contributed by atoms with Gasteiger partial charge in [-0.05, 0) is 24.3 Å². The van der Waals surface area contributed by atoms with Gasteiger partial charge in [0.15, 0.2) is 17.1 Å². The van der Waals surface area contributed by atoms with Gasteiger partial charge in [-0.1, -0.05) is 0 Å². The Balaban J connectivity index is 1.21. The first kappa shape index (κ1) is 15.7. The third-order valence-electron chi connectivity index (χ3n) is 4.66. The first-order chi connectivity index (χ1) is 13.3. The van der Waals surface area contributed by atoms with Crippen LogP contribution in [0, 0.1) is 0 Å². The fraction of sp³-hybridized carbons (Fsp3) is 0.294. The molecule has 1 saturated heterocycles. The number of ether oxygens (including phenoxy) is 2. The molecular weight excluding hydrogens is 350 g/mol. The third kappa shape index (κ3) is 2.94. The summed E-state index contributed by atoms with van der Waals surface area (Å²) in [4.78, 5) is 16.5. The number of nitrogens with zero attached hydrogens (tertiary/aromatic N) is 6. The topological polar surface area (TPSA) is 97.1 Å². The molecule has 2 aromatic heterocycles. The average Bonchev–Trinajstić information content (AvgIpc) is 3.36. The van der Waals surface area contributed by atoms with Crippen molar-refractivity contribution in [3.63, 3.8) is 0 Å². The molecule has 0 saturated carbocycles. The summed E-state index contributed by atoms with van der Waals surface area (Å²) in [6, 6.07) is 9.05. The second-order valence-electron chi connectivity index (χ2n) is 6.30. The fourth-order valence-corrected chi connectivity index (χ4v) is 3.20. The maximum Gasteiger partial charge on any atom is 0.321 e. The molecule has 0 unspecified atom stereocenters. The van der Waals surface area contributed by atoms with Gasteiger partial charge < -0.3 is 24.6 Å². The number of urea groups is 1. The van der Waals surface area contributed by atoms with E-state index in [1.807, 2.05) is 12.1 Å².